The number of aromatic amines is 1. The molecule has 3 nitrogen and oxygen atoms in total. The Balaban J connectivity index is 0.000000980. The molecule has 0 radical (unpaired) electrons. The zero-order valence-corrected chi connectivity index (χ0v) is 8.93. The first-order valence-electron chi connectivity index (χ1n) is 4.35. The first-order chi connectivity index (χ1) is 6.18. The molecule has 0 aliphatic heterocycles. The zero-order valence-electron chi connectivity index (χ0n) is 8.11. The van der Waals surface area contributed by atoms with E-state index in [-0.39, 0.29) is 18.2 Å². The first kappa shape index (κ1) is 10.9. The highest BCUT2D eigenvalue weighted by atomic mass is 35.5. The average molecular weight is 213 g/mol. The molecule has 0 atom stereocenters. The second-order valence-corrected chi connectivity index (χ2v) is 3.49. The van der Waals surface area contributed by atoms with Crippen molar-refractivity contribution >= 4 is 23.3 Å². The summed E-state index contributed by atoms with van der Waals surface area (Å²) in [4.78, 5) is 0. The molecule has 2 N–H and O–H groups in total. The number of nitrogens with one attached hydrogen (secondary N) is 1. The number of hydrogen-bond acceptors (Lipinski definition) is 2. The summed E-state index contributed by atoms with van der Waals surface area (Å²) in [5.74, 6) is 0.684. The number of phenols is 1. The molecular weight excluding hydrogens is 200 g/mol. The van der Waals surface area contributed by atoms with Gasteiger partial charge in [-0.1, -0.05) is 13.8 Å². The summed E-state index contributed by atoms with van der Waals surface area (Å²) < 4.78 is 0. The topological polar surface area (TPSA) is 48.9 Å². The summed E-state index contributed by atoms with van der Waals surface area (Å²) in [5, 5.41) is 17.4. The van der Waals surface area contributed by atoms with E-state index in [1.54, 1.807) is 12.1 Å². The Morgan fingerprint density at radius 3 is 2.71 bits per heavy atom. The number of benzene rings is 1. The van der Waals surface area contributed by atoms with Crippen molar-refractivity contribution in [2.75, 3.05) is 0 Å². The van der Waals surface area contributed by atoms with Gasteiger partial charge in [0.1, 0.15) is 5.75 Å². The van der Waals surface area contributed by atoms with E-state index < -0.39 is 0 Å². The summed E-state index contributed by atoms with van der Waals surface area (Å²) in [6.07, 6.45) is 0. The Bertz CT molecular complexity index is 437. The molecule has 0 saturated carbocycles. The van der Waals surface area contributed by atoms with Gasteiger partial charge in [0.2, 0.25) is 0 Å². The maximum atomic E-state index is 9.22. The van der Waals surface area contributed by atoms with Crippen molar-refractivity contribution in [1.82, 2.24) is 10.2 Å². The van der Waals surface area contributed by atoms with Crippen LogP contribution in [0.2, 0.25) is 0 Å². The van der Waals surface area contributed by atoms with Crippen molar-refractivity contribution < 1.29 is 5.11 Å². The Kier molecular flexibility index (Phi) is 3.01. The van der Waals surface area contributed by atoms with E-state index in [4.69, 9.17) is 0 Å². The highest BCUT2D eigenvalue weighted by Crippen LogP contribution is 2.25. The molecule has 0 aliphatic rings. The van der Waals surface area contributed by atoms with E-state index >= 15 is 0 Å². The van der Waals surface area contributed by atoms with Gasteiger partial charge < -0.3 is 5.11 Å². The van der Waals surface area contributed by atoms with Gasteiger partial charge in [0.05, 0.1) is 5.52 Å². The van der Waals surface area contributed by atoms with Crippen LogP contribution in [0.4, 0.5) is 0 Å². The summed E-state index contributed by atoms with van der Waals surface area (Å²) in [7, 11) is 0. The predicted molar refractivity (Wildman–Crippen MR) is 59.1 cm³/mol. The minimum absolute atomic E-state index is 0. The van der Waals surface area contributed by atoms with E-state index in [0.29, 0.717) is 5.92 Å². The van der Waals surface area contributed by atoms with Crippen LogP contribution in [0.15, 0.2) is 18.2 Å². The molecule has 0 saturated heterocycles. The van der Waals surface area contributed by atoms with Gasteiger partial charge in [0, 0.05) is 17.1 Å². The smallest absolute Gasteiger partial charge is 0.117 e. The van der Waals surface area contributed by atoms with Gasteiger partial charge in [0.25, 0.3) is 0 Å². The fraction of sp³-hybridized carbons (Fsp3) is 0.300. The van der Waals surface area contributed by atoms with Crippen LogP contribution in [0.1, 0.15) is 25.5 Å². The van der Waals surface area contributed by atoms with Gasteiger partial charge in [0.15, 0.2) is 0 Å². The molecule has 0 unspecified atom stereocenters. The lowest BCUT2D eigenvalue weighted by Crippen LogP contribution is -1.87. The van der Waals surface area contributed by atoms with Crippen molar-refractivity contribution in [3.63, 3.8) is 0 Å². The van der Waals surface area contributed by atoms with Crippen LogP contribution in [0.3, 0.4) is 0 Å². The van der Waals surface area contributed by atoms with Gasteiger partial charge in [-0.15, -0.1) is 12.4 Å². The fourth-order valence-corrected chi connectivity index (χ4v) is 1.46. The Hall–Kier alpha value is -1.22. The molecule has 0 amide bonds. The highest BCUT2D eigenvalue weighted by Gasteiger charge is 2.08. The van der Waals surface area contributed by atoms with Gasteiger partial charge in [-0.2, -0.15) is 5.10 Å². The van der Waals surface area contributed by atoms with E-state index in [2.05, 4.69) is 24.0 Å². The number of phenolic OH excluding ortho intramolecular Hbond substituents is 1. The molecule has 0 spiro atoms. The van der Waals surface area contributed by atoms with E-state index in [1.807, 2.05) is 6.07 Å². The summed E-state index contributed by atoms with van der Waals surface area (Å²) >= 11 is 0. The maximum absolute atomic E-state index is 9.22. The standard InChI is InChI=1S/C10H12N2O.ClH/c1-6(2)10-8-4-3-7(13)5-9(8)11-12-10;/h3-6,13H,1-2H3,(H,11,12);1H. The minimum atomic E-state index is 0. The molecule has 1 aromatic heterocycles. The number of rotatable bonds is 1. The summed E-state index contributed by atoms with van der Waals surface area (Å²) in [6, 6.07) is 5.24. The van der Waals surface area contributed by atoms with Crippen LogP contribution < -0.4 is 0 Å². The molecule has 1 aromatic carbocycles. The quantitative estimate of drug-likeness (QED) is 0.764. The van der Waals surface area contributed by atoms with Crippen molar-refractivity contribution in [2.24, 2.45) is 0 Å². The number of aromatic hydroxyl groups is 1. The van der Waals surface area contributed by atoms with Gasteiger partial charge >= 0.3 is 0 Å². The second-order valence-electron chi connectivity index (χ2n) is 3.49. The van der Waals surface area contributed by atoms with E-state index in [0.717, 1.165) is 16.6 Å². The number of fused-ring (bicyclic) bond motifs is 1. The van der Waals surface area contributed by atoms with Crippen LogP contribution >= 0.6 is 12.4 Å². The van der Waals surface area contributed by atoms with Crippen molar-refractivity contribution in [3.8, 4) is 5.75 Å². The molecule has 2 aromatic rings. The van der Waals surface area contributed by atoms with E-state index in [1.165, 1.54) is 0 Å². The largest absolute Gasteiger partial charge is 0.508 e. The Morgan fingerprint density at radius 1 is 1.36 bits per heavy atom. The van der Waals surface area contributed by atoms with Gasteiger partial charge in [-0.25, -0.2) is 0 Å². The second kappa shape index (κ2) is 3.88. The normalized spacial score (nSPS) is 10.5. The number of halogens is 1. The lowest BCUT2D eigenvalue weighted by atomic mass is 10.1. The zero-order chi connectivity index (χ0) is 9.42. The first-order valence-corrected chi connectivity index (χ1v) is 4.35. The van der Waals surface area contributed by atoms with Gasteiger partial charge in [-0.3, -0.25) is 5.10 Å². The molecule has 1 heterocycles. The Labute approximate surface area is 88.6 Å². The monoisotopic (exact) mass is 212 g/mol. The van der Waals surface area contributed by atoms with Crippen molar-refractivity contribution in [2.45, 2.75) is 19.8 Å². The summed E-state index contributed by atoms with van der Waals surface area (Å²) in [5.41, 5.74) is 1.94. The van der Waals surface area contributed by atoms with Crippen LogP contribution in [0.5, 0.6) is 5.75 Å². The third-order valence-electron chi connectivity index (χ3n) is 2.15. The average Bonchev–Trinajstić information content (AvgIpc) is 2.46. The molecule has 76 valence electrons. The third kappa shape index (κ3) is 1.68. The SMILES string of the molecule is CC(C)c1[nH]nc2cc(O)ccc12.Cl. The molecule has 14 heavy (non-hydrogen) atoms. The molecule has 4 heteroatoms. The number of aromatic nitrogens is 2. The number of H-pyrrole nitrogens is 1. The minimum Gasteiger partial charge on any atom is -0.508 e. The molecule has 0 aliphatic carbocycles. The van der Waals surface area contributed by atoms with E-state index in [9.17, 15) is 5.11 Å². The molecular formula is C10H13ClN2O. The van der Waals surface area contributed by atoms with Crippen molar-refractivity contribution in [1.29, 1.82) is 0 Å². The van der Waals surface area contributed by atoms with Crippen LogP contribution in [-0.4, -0.2) is 15.3 Å². The van der Waals surface area contributed by atoms with Crippen LogP contribution in [0.25, 0.3) is 10.9 Å². The van der Waals surface area contributed by atoms with Gasteiger partial charge in [-0.05, 0) is 18.1 Å². The molecule has 0 fully saturated rings. The summed E-state index contributed by atoms with van der Waals surface area (Å²) in [6.45, 7) is 4.22. The fourth-order valence-electron chi connectivity index (χ4n) is 1.46. The van der Waals surface area contributed by atoms with Crippen LogP contribution in [-0.2, 0) is 0 Å². The lowest BCUT2D eigenvalue weighted by Gasteiger charge is -2.00. The van der Waals surface area contributed by atoms with Crippen molar-refractivity contribution in [3.05, 3.63) is 23.9 Å². The molecule has 2 rings (SSSR count). The highest BCUT2D eigenvalue weighted by molar-refractivity contribution is 5.85. The molecule has 0 bridgehead atoms. The Morgan fingerprint density at radius 2 is 2.07 bits per heavy atom. The predicted octanol–water partition coefficient (Wildman–Crippen LogP) is 2.81. The number of hydrogen-bond donors (Lipinski definition) is 2. The lowest BCUT2D eigenvalue weighted by molar-refractivity contribution is 0.476. The number of nitrogens with zero attached hydrogens (tertiary/aromatic N) is 1. The third-order valence-corrected chi connectivity index (χ3v) is 2.15. The van der Waals surface area contributed by atoms with Crippen LogP contribution in [0, 0.1) is 0 Å². The maximum Gasteiger partial charge on any atom is 0.117 e.